The van der Waals surface area contributed by atoms with Gasteiger partial charge >= 0.3 is 5.97 Å². The van der Waals surface area contributed by atoms with Gasteiger partial charge in [-0.1, -0.05) is 17.7 Å². The van der Waals surface area contributed by atoms with Gasteiger partial charge in [0.05, 0.1) is 11.3 Å². The predicted molar refractivity (Wildman–Crippen MR) is 96.3 cm³/mol. The Bertz CT molecular complexity index is 904. The Morgan fingerprint density at radius 3 is 2.64 bits per heavy atom. The van der Waals surface area contributed by atoms with Crippen molar-refractivity contribution < 1.29 is 37.1 Å². The highest BCUT2D eigenvalue weighted by atomic mass is 33.1. The Morgan fingerprint density at radius 1 is 1.50 bits per heavy atom. The Labute approximate surface area is 166 Å². The summed E-state index contributed by atoms with van der Waals surface area (Å²) < 4.78 is 31.1. The van der Waals surface area contributed by atoms with E-state index in [2.05, 4.69) is 4.98 Å². The summed E-state index contributed by atoms with van der Waals surface area (Å²) in [4.78, 5) is 54.4. The topological polar surface area (TPSA) is 174 Å². The maximum absolute atomic E-state index is 12.2. The second-order valence-corrected chi connectivity index (χ2v) is 9.36. The fourth-order valence-electron chi connectivity index (χ4n) is 1.97. The molecule has 1 aliphatic heterocycles. The molecule has 0 radical (unpaired) electrons. The van der Waals surface area contributed by atoms with Crippen LogP contribution in [0.3, 0.4) is 0 Å². The van der Waals surface area contributed by atoms with Gasteiger partial charge in [-0.25, -0.2) is 9.78 Å². The van der Waals surface area contributed by atoms with Crippen molar-refractivity contribution in [1.29, 1.82) is 0 Å². The number of nitro groups is 1. The molecule has 2 rings (SSSR count). The third-order valence-corrected chi connectivity index (χ3v) is 7.27. The van der Waals surface area contributed by atoms with Crippen molar-refractivity contribution in [2.24, 2.45) is 0 Å². The summed E-state index contributed by atoms with van der Waals surface area (Å²) in [6.45, 7) is 1.64. The fraction of sp³-hybridized carbons (Fsp3) is 0.385. The first-order valence-corrected chi connectivity index (χ1v) is 11.2. The van der Waals surface area contributed by atoms with Gasteiger partial charge in [0.15, 0.2) is 5.25 Å². The number of amides is 2. The van der Waals surface area contributed by atoms with E-state index in [-0.39, 0.29) is 17.2 Å². The number of imide groups is 1. The Balaban J connectivity index is 1.98. The Kier molecular flexibility index (Phi) is 6.97. The van der Waals surface area contributed by atoms with E-state index in [1.165, 1.54) is 12.1 Å². The van der Waals surface area contributed by atoms with Gasteiger partial charge < -0.3 is 4.84 Å². The van der Waals surface area contributed by atoms with E-state index in [9.17, 15) is 32.9 Å². The molecule has 28 heavy (non-hydrogen) atoms. The lowest BCUT2D eigenvalue weighted by Gasteiger charge is -2.17. The summed E-state index contributed by atoms with van der Waals surface area (Å²) in [6, 6.07) is 2.63. The van der Waals surface area contributed by atoms with Gasteiger partial charge in [-0.2, -0.15) is 8.42 Å². The van der Waals surface area contributed by atoms with Gasteiger partial charge in [0.25, 0.3) is 27.6 Å². The molecule has 0 aliphatic carbocycles. The second kappa shape index (κ2) is 8.85. The molecule has 1 saturated heterocycles. The minimum absolute atomic E-state index is 0.0405. The molecule has 0 spiro atoms. The van der Waals surface area contributed by atoms with Crippen molar-refractivity contribution >= 4 is 55.2 Å². The predicted octanol–water partition coefficient (Wildman–Crippen LogP) is 0.982. The first-order valence-electron chi connectivity index (χ1n) is 7.53. The molecule has 0 aromatic carbocycles. The second-order valence-electron chi connectivity index (χ2n) is 5.33. The number of carbonyl (C=O) groups is 3. The number of aromatic nitrogens is 1. The minimum Gasteiger partial charge on any atom is -0.329 e. The molecule has 1 fully saturated rings. The third kappa shape index (κ3) is 5.18. The Morgan fingerprint density at radius 2 is 2.18 bits per heavy atom. The number of hydrogen-bond acceptors (Lipinski definition) is 11. The van der Waals surface area contributed by atoms with Crippen LogP contribution in [-0.4, -0.2) is 56.2 Å². The van der Waals surface area contributed by atoms with Crippen LogP contribution < -0.4 is 0 Å². The molecule has 2 atom stereocenters. The highest BCUT2D eigenvalue weighted by Gasteiger charge is 2.48. The first kappa shape index (κ1) is 22.1. The fourth-order valence-corrected chi connectivity index (χ4v) is 4.95. The van der Waals surface area contributed by atoms with Crippen molar-refractivity contribution in [2.75, 3.05) is 0 Å². The van der Waals surface area contributed by atoms with Crippen molar-refractivity contribution in [2.45, 2.75) is 35.3 Å². The van der Waals surface area contributed by atoms with E-state index in [1.54, 1.807) is 6.92 Å². The zero-order chi connectivity index (χ0) is 21.1. The smallest absolute Gasteiger partial charge is 0.329 e. The van der Waals surface area contributed by atoms with Gasteiger partial charge in [0.2, 0.25) is 0 Å². The van der Waals surface area contributed by atoms with Crippen molar-refractivity contribution in [3.8, 4) is 0 Å². The first-order chi connectivity index (χ1) is 13.0. The summed E-state index contributed by atoms with van der Waals surface area (Å²) >= 11 is 0. The van der Waals surface area contributed by atoms with E-state index in [1.807, 2.05) is 0 Å². The van der Waals surface area contributed by atoms with Crippen LogP contribution in [0.2, 0.25) is 0 Å². The van der Waals surface area contributed by atoms with Crippen molar-refractivity contribution in [1.82, 2.24) is 10.0 Å². The number of hydroxylamine groups is 2. The van der Waals surface area contributed by atoms with Crippen LogP contribution in [0, 0.1) is 10.1 Å². The van der Waals surface area contributed by atoms with Crippen LogP contribution >= 0.6 is 21.6 Å². The van der Waals surface area contributed by atoms with E-state index in [0.29, 0.717) is 5.03 Å². The van der Waals surface area contributed by atoms with Crippen molar-refractivity contribution in [3.63, 3.8) is 0 Å². The Hall–Kier alpha value is -2.23. The van der Waals surface area contributed by atoms with Crippen LogP contribution in [0.5, 0.6) is 0 Å². The molecule has 1 aromatic heterocycles. The summed E-state index contributed by atoms with van der Waals surface area (Å²) in [5, 5.41) is 8.16. The molecular formula is C13H13N3O9S3. The van der Waals surface area contributed by atoms with Crippen LogP contribution in [-0.2, 0) is 29.3 Å². The number of carbonyl (C=O) groups excluding carboxylic acids is 3. The molecule has 1 aliphatic rings. The molecule has 1 N–H and O–H groups in total. The number of hydrogen-bond donors (Lipinski definition) is 1. The van der Waals surface area contributed by atoms with E-state index in [0.717, 1.165) is 27.8 Å². The molecule has 2 heterocycles. The average molecular weight is 451 g/mol. The van der Waals surface area contributed by atoms with Gasteiger partial charge in [-0.3, -0.25) is 24.3 Å². The monoisotopic (exact) mass is 451 g/mol. The van der Waals surface area contributed by atoms with Crippen LogP contribution in [0.15, 0.2) is 23.4 Å². The lowest BCUT2D eigenvalue weighted by molar-refractivity contribution is -0.385. The van der Waals surface area contributed by atoms with E-state index >= 15 is 0 Å². The summed E-state index contributed by atoms with van der Waals surface area (Å²) in [7, 11) is -2.80. The lowest BCUT2D eigenvalue weighted by atomic mass is 10.3. The molecule has 2 unspecified atom stereocenters. The van der Waals surface area contributed by atoms with E-state index < -0.39 is 49.7 Å². The highest BCUT2D eigenvalue weighted by Crippen LogP contribution is 2.36. The summed E-state index contributed by atoms with van der Waals surface area (Å²) in [5.74, 6) is -3.38. The number of rotatable bonds is 8. The molecule has 152 valence electrons. The van der Waals surface area contributed by atoms with Gasteiger partial charge in [-0.05, 0) is 23.3 Å². The lowest BCUT2D eigenvalue weighted by Crippen LogP contribution is -2.38. The molecule has 2 amide bonds. The van der Waals surface area contributed by atoms with Gasteiger partial charge in [0, 0.05) is 6.07 Å². The van der Waals surface area contributed by atoms with E-state index in [4.69, 9.17) is 9.39 Å². The maximum Gasteiger partial charge on any atom is 0.346 e. The minimum atomic E-state index is -4.80. The molecular weight excluding hydrogens is 438 g/mol. The largest absolute Gasteiger partial charge is 0.346 e. The quantitative estimate of drug-likeness (QED) is 0.195. The molecule has 0 saturated carbocycles. The van der Waals surface area contributed by atoms with Gasteiger partial charge in [0.1, 0.15) is 16.5 Å². The SMILES string of the molecule is CCC(SSc1ccc([N+](=O)[O-])cn1)C(=O)ON1C(=O)CC(S(=O)(=O)O)C1=O. The third-order valence-electron chi connectivity index (χ3n) is 3.42. The highest BCUT2D eigenvalue weighted by molar-refractivity contribution is 8.77. The standard InChI is InChI=1S/C13H13N3O9S3/c1-2-8(26-27-10-4-3-7(6-14-10)16(20)21)13(19)25-15-11(17)5-9(12(15)18)28(22,23)24/h3-4,6,8-9H,2,5H2,1H3,(H,22,23,24). The summed E-state index contributed by atoms with van der Waals surface area (Å²) in [5.41, 5.74) is -0.194. The molecule has 1 aromatic rings. The van der Waals surface area contributed by atoms with Crippen LogP contribution in [0.1, 0.15) is 19.8 Å². The molecule has 15 heteroatoms. The average Bonchev–Trinajstić information content (AvgIpc) is 2.91. The normalized spacial score (nSPS) is 18.2. The van der Waals surface area contributed by atoms with Gasteiger partial charge in [-0.15, -0.1) is 5.06 Å². The zero-order valence-electron chi connectivity index (χ0n) is 14.1. The van der Waals surface area contributed by atoms with Crippen LogP contribution in [0.25, 0.3) is 0 Å². The maximum atomic E-state index is 12.2. The molecule has 12 nitrogen and oxygen atoms in total. The molecule has 0 bridgehead atoms. The van der Waals surface area contributed by atoms with Crippen molar-refractivity contribution in [3.05, 3.63) is 28.4 Å². The summed E-state index contributed by atoms with van der Waals surface area (Å²) in [6.07, 6.45) is 0.469. The number of nitrogens with zero attached hydrogens (tertiary/aromatic N) is 3. The zero-order valence-corrected chi connectivity index (χ0v) is 16.5. The number of pyridine rings is 1. The van der Waals surface area contributed by atoms with Crippen LogP contribution in [0.4, 0.5) is 5.69 Å².